The normalized spacial score (nSPS) is 14.5. The maximum atomic E-state index is 12.3. The molecule has 0 aliphatic carbocycles. The van der Waals surface area contributed by atoms with Gasteiger partial charge in [-0.3, -0.25) is 0 Å². The van der Waals surface area contributed by atoms with Crippen LogP contribution in [0.4, 0.5) is 0 Å². The van der Waals surface area contributed by atoms with E-state index in [2.05, 4.69) is 46.4 Å². The van der Waals surface area contributed by atoms with Crippen LogP contribution in [0.15, 0.2) is 24.3 Å². The third-order valence-corrected chi connectivity index (χ3v) is 6.78. The van der Waals surface area contributed by atoms with Gasteiger partial charge in [0.2, 0.25) is 10.0 Å². The highest BCUT2D eigenvalue weighted by Gasteiger charge is 2.28. The van der Waals surface area contributed by atoms with Gasteiger partial charge in [-0.05, 0) is 45.8 Å². The number of hydrogen-bond donors (Lipinski definition) is 1. The molecule has 1 unspecified atom stereocenters. The Morgan fingerprint density at radius 3 is 2.29 bits per heavy atom. The van der Waals surface area contributed by atoms with E-state index in [1.54, 1.807) is 6.07 Å². The predicted molar refractivity (Wildman–Crippen MR) is 101 cm³/mol. The summed E-state index contributed by atoms with van der Waals surface area (Å²) in [6.07, 6.45) is 1.92. The van der Waals surface area contributed by atoms with Crippen LogP contribution in [0.3, 0.4) is 0 Å². The quantitative estimate of drug-likeness (QED) is 0.655. The number of sulfonamides is 1. The Morgan fingerprint density at radius 2 is 1.75 bits per heavy atom. The fourth-order valence-electron chi connectivity index (χ4n) is 2.23. The van der Waals surface area contributed by atoms with Crippen molar-refractivity contribution >= 4 is 10.0 Å². The lowest BCUT2D eigenvalue weighted by Gasteiger charge is -2.30. The zero-order chi connectivity index (χ0) is 18.6. The maximum absolute atomic E-state index is 12.3. The van der Waals surface area contributed by atoms with E-state index in [0.717, 1.165) is 18.4 Å². The molecule has 0 amide bonds. The minimum absolute atomic E-state index is 0.0257. The van der Waals surface area contributed by atoms with Gasteiger partial charge in [0, 0.05) is 0 Å². The van der Waals surface area contributed by atoms with E-state index in [9.17, 15) is 8.42 Å². The summed E-state index contributed by atoms with van der Waals surface area (Å²) in [7, 11) is -3.50. The van der Waals surface area contributed by atoms with E-state index in [0.29, 0.717) is 5.75 Å². The van der Waals surface area contributed by atoms with Crippen molar-refractivity contribution in [1.29, 1.82) is 0 Å². The topological polar surface area (TPSA) is 55.4 Å². The van der Waals surface area contributed by atoms with Crippen molar-refractivity contribution in [2.75, 3.05) is 5.75 Å². The van der Waals surface area contributed by atoms with Crippen molar-refractivity contribution in [1.82, 2.24) is 4.89 Å². The van der Waals surface area contributed by atoms with Crippen molar-refractivity contribution in [2.24, 2.45) is 11.3 Å². The molecular weight excluding hydrogens is 322 g/mol. The summed E-state index contributed by atoms with van der Waals surface area (Å²) < 4.78 is 24.6. The van der Waals surface area contributed by atoms with Gasteiger partial charge in [0.05, 0.1) is 5.75 Å². The first-order valence-electron chi connectivity index (χ1n) is 8.70. The summed E-state index contributed by atoms with van der Waals surface area (Å²) in [5.41, 5.74) is 1.12. The Balaban J connectivity index is 2.77. The van der Waals surface area contributed by atoms with E-state index in [4.69, 9.17) is 4.84 Å². The fraction of sp³-hybridized carbons (Fsp3) is 0.684. The molecule has 0 spiro atoms. The zero-order valence-corrected chi connectivity index (χ0v) is 17.0. The zero-order valence-electron chi connectivity index (χ0n) is 16.1. The van der Waals surface area contributed by atoms with Crippen LogP contribution in [0.5, 0.6) is 5.75 Å². The van der Waals surface area contributed by atoms with Gasteiger partial charge >= 0.3 is 0 Å². The molecule has 0 aromatic heterocycles. The van der Waals surface area contributed by atoms with Gasteiger partial charge < -0.3 is 4.84 Å². The Hall–Kier alpha value is -1.07. The van der Waals surface area contributed by atoms with Crippen LogP contribution in [-0.2, 0) is 15.4 Å². The first-order chi connectivity index (χ1) is 10.9. The van der Waals surface area contributed by atoms with E-state index >= 15 is 0 Å². The van der Waals surface area contributed by atoms with Crippen molar-refractivity contribution < 1.29 is 13.3 Å². The minimum atomic E-state index is -3.50. The Bertz CT molecular complexity index is 636. The first kappa shape index (κ1) is 21.0. The molecule has 0 fully saturated rings. The summed E-state index contributed by atoms with van der Waals surface area (Å²) in [4.78, 5) is 7.63. The van der Waals surface area contributed by atoms with Crippen LogP contribution in [0.25, 0.3) is 0 Å². The SMILES string of the molecule is CCC(C)(C)c1cccc(ONS(=O)(=O)CC(C)C(C)(C)CC)c1. The first-order valence-corrected chi connectivity index (χ1v) is 10.4. The Morgan fingerprint density at radius 1 is 1.12 bits per heavy atom. The molecule has 0 saturated heterocycles. The second-order valence-electron chi connectivity index (χ2n) is 7.98. The molecule has 1 rings (SSSR count). The third kappa shape index (κ3) is 5.78. The van der Waals surface area contributed by atoms with Crippen LogP contribution in [-0.4, -0.2) is 14.2 Å². The van der Waals surface area contributed by atoms with Crippen LogP contribution >= 0.6 is 0 Å². The van der Waals surface area contributed by atoms with Gasteiger partial charge in [-0.15, -0.1) is 0 Å². The molecule has 0 heterocycles. The molecule has 24 heavy (non-hydrogen) atoms. The van der Waals surface area contributed by atoms with Gasteiger partial charge in [-0.1, -0.05) is 67.0 Å². The molecule has 1 atom stereocenters. The van der Waals surface area contributed by atoms with E-state index in [-0.39, 0.29) is 22.5 Å². The minimum Gasteiger partial charge on any atom is -0.394 e. The van der Waals surface area contributed by atoms with Crippen LogP contribution in [0.1, 0.15) is 66.9 Å². The van der Waals surface area contributed by atoms with Crippen molar-refractivity contribution in [3.63, 3.8) is 0 Å². The molecular formula is C19H33NO3S. The summed E-state index contributed by atoms with van der Waals surface area (Å²) in [6.45, 7) is 14.7. The average molecular weight is 356 g/mol. The number of benzene rings is 1. The summed E-state index contributed by atoms with van der Waals surface area (Å²) >= 11 is 0. The van der Waals surface area contributed by atoms with Crippen molar-refractivity contribution in [3.05, 3.63) is 29.8 Å². The molecule has 0 aliphatic heterocycles. The smallest absolute Gasteiger partial charge is 0.242 e. The molecule has 1 aromatic rings. The lowest BCUT2D eigenvalue weighted by Crippen LogP contribution is -2.36. The molecule has 0 radical (unpaired) electrons. The second-order valence-corrected chi connectivity index (χ2v) is 9.70. The van der Waals surface area contributed by atoms with Crippen LogP contribution in [0.2, 0.25) is 0 Å². The van der Waals surface area contributed by atoms with Gasteiger partial charge in [-0.2, -0.15) is 0 Å². The van der Waals surface area contributed by atoms with Crippen LogP contribution < -0.4 is 9.72 Å². The molecule has 0 saturated carbocycles. The lowest BCUT2D eigenvalue weighted by atomic mass is 9.79. The van der Waals surface area contributed by atoms with Gasteiger partial charge in [0.25, 0.3) is 0 Å². The summed E-state index contributed by atoms with van der Waals surface area (Å²) in [5.74, 6) is 0.600. The Kier molecular flexibility index (Phi) is 6.88. The predicted octanol–water partition coefficient (Wildman–Crippen LogP) is 4.66. The standard InChI is InChI=1S/C19H33NO3S/c1-8-18(4,5)15(3)14-24(21,22)20-23-17-12-10-11-16(13-17)19(6,7)9-2/h10-13,15,20H,8-9,14H2,1-7H3. The van der Waals surface area contributed by atoms with Gasteiger partial charge in [0.15, 0.2) is 0 Å². The second kappa shape index (κ2) is 7.87. The monoisotopic (exact) mass is 355 g/mol. The lowest BCUT2D eigenvalue weighted by molar-refractivity contribution is 0.233. The molecule has 5 heteroatoms. The van der Waals surface area contributed by atoms with Gasteiger partial charge in [0.1, 0.15) is 5.75 Å². The molecule has 0 bridgehead atoms. The molecule has 1 N–H and O–H groups in total. The molecule has 4 nitrogen and oxygen atoms in total. The van der Waals surface area contributed by atoms with Crippen molar-refractivity contribution in [3.8, 4) is 5.75 Å². The number of hydrogen-bond acceptors (Lipinski definition) is 3. The maximum Gasteiger partial charge on any atom is 0.242 e. The van der Waals surface area contributed by atoms with Crippen molar-refractivity contribution in [2.45, 2.75) is 66.7 Å². The Labute approximate surface area is 148 Å². The van der Waals surface area contributed by atoms with E-state index < -0.39 is 10.0 Å². The van der Waals surface area contributed by atoms with E-state index in [1.165, 1.54) is 0 Å². The largest absolute Gasteiger partial charge is 0.394 e. The van der Waals surface area contributed by atoms with Gasteiger partial charge in [-0.25, -0.2) is 8.42 Å². The number of nitrogens with one attached hydrogen (secondary N) is 1. The summed E-state index contributed by atoms with van der Waals surface area (Å²) in [6, 6.07) is 7.58. The van der Waals surface area contributed by atoms with Crippen LogP contribution in [0, 0.1) is 11.3 Å². The third-order valence-electron chi connectivity index (χ3n) is 5.50. The fourth-order valence-corrected chi connectivity index (χ4v) is 3.63. The number of rotatable bonds is 9. The highest BCUT2D eigenvalue weighted by atomic mass is 32.2. The highest BCUT2D eigenvalue weighted by Crippen LogP contribution is 2.31. The molecule has 0 aliphatic rings. The highest BCUT2D eigenvalue weighted by molar-refractivity contribution is 7.89. The molecule has 1 aromatic carbocycles. The summed E-state index contributed by atoms with van der Waals surface area (Å²) in [5, 5.41) is 0. The average Bonchev–Trinajstić information content (AvgIpc) is 2.53. The van der Waals surface area contributed by atoms with E-state index in [1.807, 2.05) is 25.1 Å². The molecule has 138 valence electrons.